The van der Waals surface area contributed by atoms with Crippen LogP contribution in [-0.2, 0) is 10.0 Å². The van der Waals surface area contributed by atoms with Gasteiger partial charge in [0.15, 0.2) is 0 Å². The van der Waals surface area contributed by atoms with Crippen molar-refractivity contribution in [3.05, 3.63) is 47.5 Å². The number of piperidine rings is 1. The Labute approximate surface area is 178 Å². The SMILES string of the molecule is CCOc1ccc(C(=O)Nc2cc(S(=O)(=O)N3CCCCC3)ccc2OC)cc1C. The highest BCUT2D eigenvalue weighted by Crippen LogP contribution is 2.30. The number of ether oxygens (including phenoxy) is 2. The van der Waals surface area contributed by atoms with Crippen LogP contribution < -0.4 is 14.8 Å². The number of anilines is 1. The Morgan fingerprint density at radius 2 is 1.77 bits per heavy atom. The van der Waals surface area contributed by atoms with Crippen molar-refractivity contribution in [1.29, 1.82) is 0 Å². The zero-order valence-corrected chi connectivity index (χ0v) is 18.4. The summed E-state index contributed by atoms with van der Waals surface area (Å²) in [5.41, 5.74) is 1.60. The smallest absolute Gasteiger partial charge is 0.255 e. The molecule has 0 bridgehead atoms. The maximum Gasteiger partial charge on any atom is 0.255 e. The third-order valence-electron chi connectivity index (χ3n) is 5.11. The van der Waals surface area contributed by atoms with Gasteiger partial charge in [-0.15, -0.1) is 0 Å². The van der Waals surface area contributed by atoms with E-state index in [0.717, 1.165) is 30.6 Å². The number of benzene rings is 2. The average Bonchev–Trinajstić information content (AvgIpc) is 2.75. The fraction of sp³-hybridized carbons (Fsp3) is 0.409. The van der Waals surface area contributed by atoms with Crippen molar-refractivity contribution in [2.24, 2.45) is 0 Å². The van der Waals surface area contributed by atoms with E-state index in [4.69, 9.17) is 9.47 Å². The standard InChI is InChI=1S/C22H28N2O5S/c1-4-29-20-10-8-17(14-16(20)2)22(25)23-19-15-18(9-11-21(19)28-3)30(26,27)24-12-6-5-7-13-24/h8-11,14-15H,4-7,12-13H2,1-3H3,(H,23,25). The molecular formula is C22H28N2O5S. The van der Waals surface area contributed by atoms with Gasteiger partial charge < -0.3 is 14.8 Å². The largest absolute Gasteiger partial charge is 0.495 e. The monoisotopic (exact) mass is 432 g/mol. The van der Waals surface area contributed by atoms with E-state index in [1.165, 1.54) is 23.5 Å². The highest BCUT2D eigenvalue weighted by atomic mass is 32.2. The molecule has 8 heteroatoms. The first-order valence-electron chi connectivity index (χ1n) is 10.1. The third-order valence-corrected chi connectivity index (χ3v) is 7.00. The van der Waals surface area contributed by atoms with Gasteiger partial charge in [0.25, 0.3) is 5.91 Å². The first-order valence-corrected chi connectivity index (χ1v) is 11.5. The van der Waals surface area contributed by atoms with Crippen molar-refractivity contribution < 1.29 is 22.7 Å². The summed E-state index contributed by atoms with van der Waals surface area (Å²) in [4.78, 5) is 12.9. The lowest BCUT2D eigenvalue weighted by Crippen LogP contribution is -2.35. The minimum atomic E-state index is -3.62. The van der Waals surface area contributed by atoms with E-state index >= 15 is 0 Å². The van der Waals surface area contributed by atoms with Gasteiger partial charge in [-0.1, -0.05) is 6.42 Å². The molecule has 0 saturated carbocycles. The zero-order valence-electron chi connectivity index (χ0n) is 17.6. The van der Waals surface area contributed by atoms with Crippen LogP contribution in [0.3, 0.4) is 0 Å². The zero-order chi connectivity index (χ0) is 21.7. The molecule has 1 fully saturated rings. The fourth-order valence-corrected chi connectivity index (χ4v) is 5.05. The van der Waals surface area contributed by atoms with Gasteiger partial charge in [-0.25, -0.2) is 8.42 Å². The molecule has 162 valence electrons. The Bertz CT molecular complexity index is 1010. The molecule has 0 unspecified atom stereocenters. The molecule has 0 aliphatic carbocycles. The molecule has 0 atom stereocenters. The van der Waals surface area contributed by atoms with Crippen LogP contribution >= 0.6 is 0 Å². The molecule has 1 N–H and O–H groups in total. The summed E-state index contributed by atoms with van der Waals surface area (Å²) in [6.07, 6.45) is 2.75. The number of amides is 1. The number of nitrogens with zero attached hydrogens (tertiary/aromatic N) is 1. The van der Waals surface area contributed by atoms with Crippen molar-refractivity contribution >= 4 is 21.6 Å². The second kappa shape index (κ2) is 9.49. The minimum absolute atomic E-state index is 0.142. The van der Waals surface area contributed by atoms with E-state index < -0.39 is 10.0 Å². The van der Waals surface area contributed by atoms with Gasteiger partial charge in [-0.05, 0) is 68.7 Å². The van der Waals surface area contributed by atoms with Gasteiger partial charge in [0.05, 0.1) is 24.3 Å². The van der Waals surface area contributed by atoms with Crippen LogP contribution in [0.1, 0.15) is 42.1 Å². The van der Waals surface area contributed by atoms with Gasteiger partial charge in [-0.3, -0.25) is 4.79 Å². The minimum Gasteiger partial charge on any atom is -0.495 e. The van der Waals surface area contributed by atoms with E-state index in [0.29, 0.717) is 36.7 Å². The molecule has 1 heterocycles. The quantitative estimate of drug-likeness (QED) is 0.719. The molecule has 1 aliphatic heterocycles. The number of nitrogens with one attached hydrogen (secondary N) is 1. The fourth-order valence-electron chi connectivity index (χ4n) is 3.50. The maximum atomic E-state index is 13.0. The van der Waals surface area contributed by atoms with E-state index in [2.05, 4.69) is 5.32 Å². The summed E-state index contributed by atoms with van der Waals surface area (Å²) in [6.45, 7) is 5.34. The van der Waals surface area contributed by atoms with Crippen LogP contribution in [0.2, 0.25) is 0 Å². The van der Waals surface area contributed by atoms with Crippen LogP contribution in [-0.4, -0.2) is 45.4 Å². The summed E-state index contributed by atoms with van der Waals surface area (Å²) in [6, 6.07) is 9.70. The highest BCUT2D eigenvalue weighted by molar-refractivity contribution is 7.89. The van der Waals surface area contributed by atoms with E-state index in [9.17, 15) is 13.2 Å². The lowest BCUT2D eigenvalue weighted by atomic mass is 10.1. The number of methoxy groups -OCH3 is 1. The Hall–Kier alpha value is -2.58. The molecule has 2 aromatic rings. The van der Waals surface area contributed by atoms with Gasteiger partial charge in [0.1, 0.15) is 11.5 Å². The van der Waals surface area contributed by atoms with Crippen LogP contribution in [0.4, 0.5) is 5.69 Å². The van der Waals surface area contributed by atoms with Crippen molar-refractivity contribution in [1.82, 2.24) is 4.31 Å². The number of sulfonamides is 1. The highest BCUT2D eigenvalue weighted by Gasteiger charge is 2.27. The Balaban J connectivity index is 1.87. The van der Waals surface area contributed by atoms with Crippen molar-refractivity contribution in [2.75, 3.05) is 32.1 Å². The van der Waals surface area contributed by atoms with Crippen LogP contribution in [0, 0.1) is 6.92 Å². The number of hydrogen-bond acceptors (Lipinski definition) is 5. The first-order chi connectivity index (χ1) is 14.4. The summed E-state index contributed by atoms with van der Waals surface area (Å²) in [5.74, 6) is 0.761. The van der Waals surface area contributed by atoms with Crippen LogP contribution in [0.5, 0.6) is 11.5 Å². The number of carbonyl (C=O) groups is 1. The normalized spacial score (nSPS) is 14.9. The van der Waals surface area contributed by atoms with Crippen molar-refractivity contribution in [3.8, 4) is 11.5 Å². The second-order valence-electron chi connectivity index (χ2n) is 7.19. The van der Waals surface area contributed by atoms with Crippen LogP contribution in [0.15, 0.2) is 41.3 Å². The van der Waals surface area contributed by atoms with Gasteiger partial charge in [0, 0.05) is 18.7 Å². The summed E-state index contributed by atoms with van der Waals surface area (Å²) in [7, 11) is -2.14. The van der Waals surface area contributed by atoms with Gasteiger partial charge in [0.2, 0.25) is 10.0 Å². The molecule has 30 heavy (non-hydrogen) atoms. The molecule has 1 amide bonds. The Kier molecular flexibility index (Phi) is 6.99. The number of carbonyl (C=O) groups excluding carboxylic acids is 1. The topological polar surface area (TPSA) is 84.9 Å². The lowest BCUT2D eigenvalue weighted by molar-refractivity contribution is 0.102. The van der Waals surface area contributed by atoms with Gasteiger partial charge in [-0.2, -0.15) is 4.31 Å². The van der Waals surface area contributed by atoms with E-state index in [1.54, 1.807) is 24.3 Å². The molecule has 0 aromatic heterocycles. The first kappa shape index (κ1) is 22.1. The molecule has 0 spiro atoms. The molecule has 2 aromatic carbocycles. The molecule has 1 saturated heterocycles. The maximum absolute atomic E-state index is 13.0. The predicted octanol–water partition coefficient (Wildman–Crippen LogP) is 3.83. The average molecular weight is 433 g/mol. The molecule has 0 radical (unpaired) electrons. The molecule has 3 rings (SSSR count). The van der Waals surface area contributed by atoms with Gasteiger partial charge >= 0.3 is 0 Å². The van der Waals surface area contributed by atoms with Crippen LogP contribution in [0.25, 0.3) is 0 Å². The van der Waals surface area contributed by atoms with Crippen molar-refractivity contribution in [3.63, 3.8) is 0 Å². The molecule has 1 aliphatic rings. The Morgan fingerprint density at radius 1 is 1.07 bits per heavy atom. The molecule has 7 nitrogen and oxygen atoms in total. The number of rotatable bonds is 7. The van der Waals surface area contributed by atoms with E-state index in [1.807, 2.05) is 13.8 Å². The summed E-state index contributed by atoms with van der Waals surface area (Å²) < 4.78 is 38.3. The Morgan fingerprint density at radius 3 is 2.40 bits per heavy atom. The van der Waals surface area contributed by atoms with E-state index in [-0.39, 0.29) is 10.8 Å². The number of aryl methyl sites for hydroxylation is 1. The van der Waals surface area contributed by atoms with Crippen molar-refractivity contribution in [2.45, 2.75) is 38.0 Å². The predicted molar refractivity (Wildman–Crippen MR) is 116 cm³/mol. The number of hydrogen-bond donors (Lipinski definition) is 1. The third kappa shape index (κ3) is 4.76. The molecular weight excluding hydrogens is 404 g/mol. The second-order valence-corrected chi connectivity index (χ2v) is 9.13. The lowest BCUT2D eigenvalue weighted by Gasteiger charge is -2.26. The summed E-state index contributed by atoms with van der Waals surface area (Å²) >= 11 is 0. The summed E-state index contributed by atoms with van der Waals surface area (Å²) in [5, 5.41) is 2.78.